The molecule has 2 aliphatic rings. The molecule has 27 heteroatoms. The fourth-order valence-corrected chi connectivity index (χ4v) is 9.67. The number of nitrogens with zero attached hydrogens (tertiary/aromatic N) is 10. The number of nitrogens with one attached hydrogen (secondary N) is 3. The Morgan fingerprint density at radius 2 is 1.20 bits per heavy atom. The van der Waals surface area contributed by atoms with Crippen molar-refractivity contribution in [1.29, 1.82) is 0 Å². The van der Waals surface area contributed by atoms with Gasteiger partial charge in [-0.25, -0.2) is 19.9 Å². The fourth-order valence-electron chi connectivity index (χ4n) is 7.95. The summed E-state index contributed by atoms with van der Waals surface area (Å²) in [5.41, 5.74) is 13.8. The van der Waals surface area contributed by atoms with E-state index in [4.69, 9.17) is 56.5 Å². The molecule has 6 aromatic heterocycles. The van der Waals surface area contributed by atoms with Crippen molar-refractivity contribution in [2.45, 2.75) is 37.8 Å². The van der Waals surface area contributed by atoms with Gasteiger partial charge in [-0.15, -0.1) is 22.7 Å². The van der Waals surface area contributed by atoms with Crippen molar-refractivity contribution >= 4 is 105 Å². The van der Waals surface area contributed by atoms with Crippen LogP contribution in [0.15, 0.2) is 77.0 Å². The second kappa shape index (κ2) is 25.4. The van der Waals surface area contributed by atoms with Crippen LogP contribution in [0.4, 0.5) is 29.2 Å². The maximum absolute atomic E-state index is 11.9. The van der Waals surface area contributed by atoms with Crippen LogP contribution in [0.1, 0.15) is 25.7 Å². The van der Waals surface area contributed by atoms with E-state index in [9.17, 15) is 9.59 Å². The Bertz CT molecular complexity index is 3170. The lowest BCUT2D eigenvalue weighted by atomic mass is 10.2. The van der Waals surface area contributed by atoms with E-state index in [-0.39, 0.29) is 23.1 Å². The molecule has 0 spiro atoms. The van der Waals surface area contributed by atoms with E-state index in [1.165, 1.54) is 22.7 Å². The number of benzene rings is 2. The number of amides is 2. The van der Waals surface area contributed by atoms with Crippen LogP contribution in [0.2, 0.25) is 5.28 Å². The summed E-state index contributed by atoms with van der Waals surface area (Å²) in [5, 5.41) is 13.6. The Kier molecular flexibility index (Phi) is 18.6. The van der Waals surface area contributed by atoms with Crippen LogP contribution in [0.25, 0.3) is 31.8 Å². The topological polar surface area (TPSA) is 280 Å². The van der Waals surface area contributed by atoms with Crippen LogP contribution >= 0.6 is 43.3 Å². The number of ether oxygens (including phenoxy) is 6. The zero-order valence-corrected chi connectivity index (χ0v) is 44.8. The molecule has 23 nitrogen and oxygen atoms in total. The molecule has 0 radical (unpaired) electrons. The maximum Gasteiger partial charge on any atom is 0.240 e. The van der Waals surface area contributed by atoms with Crippen LogP contribution < -0.4 is 60.7 Å². The third kappa shape index (κ3) is 12.6. The molecule has 8 heterocycles. The second-order valence-electron chi connectivity index (χ2n) is 15.9. The summed E-state index contributed by atoms with van der Waals surface area (Å²) in [6.45, 7) is 1.62. The van der Waals surface area contributed by atoms with Crippen LogP contribution in [0.5, 0.6) is 34.5 Å². The minimum atomic E-state index is -0.404. The number of hydrogen-bond donors (Lipinski definition) is 5. The number of halogens is 1. The lowest BCUT2D eigenvalue weighted by Gasteiger charge is -2.22. The van der Waals surface area contributed by atoms with Crippen LogP contribution in [-0.2, 0) is 9.59 Å². The monoisotopic (exact) mass is 1090 g/mol. The highest BCUT2D eigenvalue weighted by atomic mass is 35.5. The molecule has 2 aromatic carbocycles. The summed E-state index contributed by atoms with van der Waals surface area (Å²) < 4.78 is 41.3. The Balaban J connectivity index is 0.000000182. The standard InChI is InChI=1S/C23H25N7O4S.C18H16ClN5O3S.C5H10N2O.CH4NP/c1-32-16-9-13(10-17(33-2)19(16)34-3)29-11-18(25-12-29)27-22-20-14(6-8-35-20)26-23(28-22)30-7-4-5-15(30)21(24)31;1-25-12-6-10(7-13(26-2)15(12)27-3)24-8-14(20-9-24)22-17-16-11(4-5-28-16)21-18(19)23-17;6-5(8)4-2-1-3-7-4;1-2-3/h6,8-12,15H,4-5,7H2,1-3H3,(H2,24,31)(H,26,27,28);4-9H,1-3H3,(H,21,22,23);4,7H,1-3H2,(H2,6,8);3H,1H3/t15-;;4-;/m0.0./s1. The number of carbonyl (C=O) groups is 2. The number of primary amides is 2. The molecule has 390 valence electrons. The van der Waals surface area contributed by atoms with Crippen molar-refractivity contribution in [3.8, 4) is 45.9 Å². The molecule has 2 amide bonds. The van der Waals surface area contributed by atoms with E-state index < -0.39 is 6.04 Å². The summed E-state index contributed by atoms with van der Waals surface area (Å²) in [4.78, 5) is 50.9. The zero-order valence-electron chi connectivity index (χ0n) is 41.4. The van der Waals surface area contributed by atoms with Crippen LogP contribution in [0, 0.1) is 0 Å². The second-order valence-corrected chi connectivity index (χ2v) is 18.5. The normalized spacial score (nSPS) is 14.6. The number of thiophene rings is 2. The minimum Gasteiger partial charge on any atom is -0.493 e. The van der Waals surface area contributed by atoms with Crippen molar-refractivity contribution < 1.29 is 38.0 Å². The summed E-state index contributed by atoms with van der Waals surface area (Å²) in [5.74, 6) is 5.56. The Morgan fingerprint density at radius 3 is 1.62 bits per heavy atom. The molecule has 0 saturated carbocycles. The van der Waals surface area contributed by atoms with Crippen LogP contribution in [-0.4, -0.2) is 126 Å². The van der Waals surface area contributed by atoms with Crippen molar-refractivity contribution in [2.75, 3.05) is 78.3 Å². The lowest BCUT2D eigenvalue weighted by molar-refractivity contribution is -0.120. The van der Waals surface area contributed by atoms with E-state index >= 15 is 0 Å². The zero-order chi connectivity index (χ0) is 52.9. The molecule has 74 heavy (non-hydrogen) atoms. The number of carbonyl (C=O) groups excluding carboxylic acids is 2. The van der Waals surface area contributed by atoms with Gasteiger partial charge in [-0.3, -0.25) is 14.3 Å². The molecule has 0 aliphatic carbocycles. The van der Waals surface area contributed by atoms with E-state index in [2.05, 4.69) is 54.6 Å². The Morgan fingerprint density at radius 1 is 0.716 bits per heavy atom. The molecular formula is C47H55ClN15O8PS2. The molecule has 2 saturated heterocycles. The average Bonchev–Trinajstić information content (AvgIpc) is 4.27. The molecule has 8 aromatic rings. The molecular weight excluding hydrogens is 1030 g/mol. The smallest absolute Gasteiger partial charge is 0.240 e. The molecule has 2 fully saturated rings. The first-order valence-electron chi connectivity index (χ1n) is 22.6. The van der Waals surface area contributed by atoms with E-state index in [1.54, 1.807) is 62.4 Å². The lowest BCUT2D eigenvalue weighted by Crippen LogP contribution is -2.41. The Labute approximate surface area is 440 Å². The van der Waals surface area contributed by atoms with Crippen molar-refractivity contribution in [3.63, 3.8) is 0 Å². The highest BCUT2D eigenvalue weighted by Gasteiger charge is 2.32. The molecule has 0 bridgehead atoms. The van der Waals surface area contributed by atoms with Crippen molar-refractivity contribution in [2.24, 2.45) is 16.2 Å². The first-order valence-corrected chi connectivity index (χ1v) is 25.2. The molecule has 10 rings (SSSR count). The van der Waals surface area contributed by atoms with Crippen LogP contribution in [0.3, 0.4) is 0 Å². The predicted octanol–water partition coefficient (Wildman–Crippen LogP) is 7.57. The summed E-state index contributed by atoms with van der Waals surface area (Å²) in [6.07, 6.45) is 10.6. The van der Waals surface area contributed by atoms with E-state index in [1.807, 2.05) is 73.6 Å². The predicted molar refractivity (Wildman–Crippen MR) is 289 cm³/mol. The van der Waals surface area contributed by atoms with Gasteiger partial charge in [0.25, 0.3) is 0 Å². The van der Waals surface area contributed by atoms with Gasteiger partial charge in [0.2, 0.25) is 34.5 Å². The van der Waals surface area contributed by atoms with Gasteiger partial charge in [-0.1, -0.05) is 0 Å². The molecule has 7 N–H and O–H groups in total. The number of nitrogens with two attached hydrogens (primary N) is 2. The number of imidazole rings is 2. The SMILES string of the molecule is CN=P.COc1cc(-n2cnc(Nc3nc(Cl)nc4ccsc34)c2)cc(OC)c1OC.COc1cc(-n2cnc(Nc3nc(N4CCC[C@H]4C(N)=O)nc4ccsc34)c2)cc(OC)c1OC.NC(=O)[C@@H]1CCCN1. The molecule has 0 unspecified atom stereocenters. The van der Waals surface area contributed by atoms with E-state index in [0.29, 0.717) is 76.7 Å². The maximum atomic E-state index is 11.9. The number of anilines is 5. The highest BCUT2D eigenvalue weighted by molar-refractivity contribution is 7.18. The van der Waals surface area contributed by atoms with E-state index in [0.717, 1.165) is 57.6 Å². The third-order valence-electron chi connectivity index (χ3n) is 11.4. The summed E-state index contributed by atoms with van der Waals surface area (Å²) >= 11 is 9.08. The van der Waals surface area contributed by atoms with Gasteiger partial charge in [-0.05, 0) is 75.8 Å². The summed E-state index contributed by atoms with van der Waals surface area (Å²) in [7, 11) is 13.9. The van der Waals surface area contributed by atoms with Gasteiger partial charge in [0.05, 0.1) is 92.9 Å². The largest absolute Gasteiger partial charge is 0.493 e. The number of hydrogen-bond acceptors (Lipinski definition) is 21. The minimum absolute atomic E-state index is 0.0463. The van der Waals surface area contributed by atoms with Gasteiger partial charge >= 0.3 is 0 Å². The molecule has 2 atom stereocenters. The van der Waals surface area contributed by atoms with Crippen molar-refractivity contribution in [3.05, 3.63) is 77.5 Å². The number of aromatic nitrogens is 8. The number of fused-ring (bicyclic) bond motifs is 2. The van der Waals surface area contributed by atoms with Gasteiger partial charge in [0.1, 0.15) is 30.3 Å². The first kappa shape index (κ1) is 54.2. The highest BCUT2D eigenvalue weighted by Crippen LogP contribution is 2.41. The molecule has 2 aliphatic heterocycles. The average molecular weight is 1090 g/mol. The fraction of sp³-hybridized carbons (Fsp3) is 0.319. The van der Waals surface area contributed by atoms with Crippen molar-refractivity contribution in [1.82, 2.24) is 44.4 Å². The number of rotatable bonds is 15. The van der Waals surface area contributed by atoms with Gasteiger partial charge in [0, 0.05) is 37.9 Å². The van der Waals surface area contributed by atoms with Gasteiger partial charge in [0.15, 0.2) is 34.6 Å². The Hall–Kier alpha value is -7.57. The quantitative estimate of drug-likeness (QED) is 0.0489. The summed E-state index contributed by atoms with van der Waals surface area (Å²) in [6, 6.07) is 10.7. The van der Waals surface area contributed by atoms with Gasteiger partial charge < -0.3 is 69.9 Å². The number of methoxy groups -OCH3 is 6. The van der Waals surface area contributed by atoms with Gasteiger partial charge in [-0.2, -0.15) is 9.97 Å². The third-order valence-corrected chi connectivity index (χ3v) is 13.4. The first-order chi connectivity index (χ1) is 35.9.